The van der Waals surface area contributed by atoms with Gasteiger partial charge in [0, 0.05) is 0 Å². The molecule has 0 unspecified atom stereocenters. The summed E-state index contributed by atoms with van der Waals surface area (Å²) in [5, 5.41) is 9.18. The molecule has 0 atom stereocenters. The molecule has 2 aromatic rings. The van der Waals surface area contributed by atoms with Gasteiger partial charge in [0.2, 0.25) is 5.75 Å². The van der Waals surface area contributed by atoms with Gasteiger partial charge in [0.15, 0.2) is 0 Å². The van der Waals surface area contributed by atoms with Crippen molar-refractivity contribution in [1.29, 1.82) is 5.26 Å². The van der Waals surface area contributed by atoms with E-state index in [4.69, 9.17) is 31.1 Å². The minimum atomic E-state index is -0.412. The molecule has 1 aromatic heterocycles. The SMILES string of the molecule is CCC(C)(C)Oc1ncnc(Oc2ccc(C#N)cc2Cl)c1OC. The van der Waals surface area contributed by atoms with Gasteiger partial charge in [0.1, 0.15) is 17.7 Å². The number of aromatic nitrogens is 2. The Kier molecular flexibility index (Phi) is 5.47. The molecule has 7 heteroatoms. The highest BCUT2D eigenvalue weighted by Gasteiger charge is 2.23. The van der Waals surface area contributed by atoms with Crippen molar-refractivity contribution in [2.24, 2.45) is 0 Å². The zero-order valence-corrected chi connectivity index (χ0v) is 14.7. The predicted octanol–water partition coefficient (Wildman–Crippen LogP) is 4.37. The van der Waals surface area contributed by atoms with Crippen molar-refractivity contribution in [2.75, 3.05) is 7.11 Å². The summed E-state index contributed by atoms with van der Waals surface area (Å²) in [5.41, 5.74) is 0.0288. The van der Waals surface area contributed by atoms with Gasteiger partial charge in [-0.1, -0.05) is 18.5 Å². The van der Waals surface area contributed by atoms with E-state index in [1.807, 2.05) is 26.8 Å². The molecular formula is C17H18ClN3O3. The van der Waals surface area contributed by atoms with Crippen molar-refractivity contribution in [3.05, 3.63) is 35.1 Å². The van der Waals surface area contributed by atoms with Crippen LogP contribution in [0.3, 0.4) is 0 Å². The highest BCUT2D eigenvalue weighted by molar-refractivity contribution is 6.32. The van der Waals surface area contributed by atoms with Crippen molar-refractivity contribution in [3.63, 3.8) is 0 Å². The topological polar surface area (TPSA) is 77.3 Å². The van der Waals surface area contributed by atoms with E-state index in [0.717, 1.165) is 6.42 Å². The highest BCUT2D eigenvalue weighted by atomic mass is 35.5. The smallest absolute Gasteiger partial charge is 0.269 e. The average molecular weight is 348 g/mol. The van der Waals surface area contributed by atoms with Crippen LogP contribution in [-0.2, 0) is 0 Å². The van der Waals surface area contributed by atoms with Gasteiger partial charge in [-0.15, -0.1) is 0 Å². The molecule has 0 N–H and O–H groups in total. The first-order valence-electron chi connectivity index (χ1n) is 7.35. The fourth-order valence-corrected chi connectivity index (χ4v) is 1.97. The summed E-state index contributed by atoms with van der Waals surface area (Å²) in [4.78, 5) is 8.20. The Morgan fingerprint density at radius 2 is 1.96 bits per heavy atom. The van der Waals surface area contributed by atoms with Crippen LogP contribution in [0.2, 0.25) is 5.02 Å². The number of methoxy groups -OCH3 is 1. The molecule has 0 bridgehead atoms. The van der Waals surface area contributed by atoms with Crippen LogP contribution >= 0.6 is 11.6 Å². The van der Waals surface area contributed by atoms with Crippen LogP contribution in [0.4, 0.5) is 0 Å². The van der Waals surface area contributed by atoms with E-state index >= 15 is 0 Å². The molecule has 0 aliphatic heterocycles. The fourth-order valence-electron chi connectivity index (χ4n) is 1.75. The number of benzene rings is 1. The minimum absolute atomic E-state index is 0.181. The molecule has 0 spiro atoms. The van der Waals surface area contributed by atoms with Crippen LogP contribution in [0.1, 0.15) is 32.8 Å². The molecule has 0 saturated carbocycles. The molecule has 0 saturated heterocycles. The molecule has 0 aliphatic rings. The summed E-state index contributed by atoms with van der Waals surface area (Å²) >= 11 is 6.13. The predicted molar refractivity (Wildman–Crippen MR) is 89.8 cm³/mol. The summed E-state index contributed by atoms with van der Waals surface area (Å²) in [6.07, 6.45) is 2.12. The van der Waals surface area contributed by atoms with Crippen LogP contribution in [0, 0.1) is 11.3 Å². The lowest BCUT2D eigenvalue weighted by atomic mass is 10.1. The molecule has 1 aromatic carbocycles. The number of ether oxygens (including phenoxy) is 3. The second-order valence-corrected chi connectivity index (χ2v) is 6.00. The van der Waals surface area contributed by atoms with Gasteiger partial charge in [-0.2, -0.15) is 15.2 Å². The summed E-state index contributed by atoms with van der Waals surface area (Å²) in [6.45, 7) is 5.92. The first-order valence-corrected chi connectivity index (χ1v) is 7.73. The van der Waals surface area contributed by atoms with Crippen molar-refractivity contribution in [1.82, 2.24) is 9.97 Å². The van der Waals surface area contributed by atoms with E-state index in [1.54, 1.807) is 12.1 Å². The standard InChI is InChI=1S/C17H18ClN3O3/c1-5-17(2,3)24-16-14(22-4)15(20-10-21-16)23-13-7-6-11(9-19)8-12(13)18/h6-8,10H,5H2,1-4H3. The van der Waals surface area contributed by atoms with Gasteiger partial charge in [-0.25, -0.2) is 0 Å². The molecule has 126 valence electrons. The summed E-state index contributed by atoms with van der Waals surface area (Å²) in [5.74, 6) is 1.10. The fraction of sp³-hybridized carbons (Fsp3) is 0.353. The quantitative estimate of drug-likeness (QED) is 0.772. The minimum Gasteiger partial charge on any atom is -0.487 e. The first kappa shape index (κ1) is 17.8. The normalized spacial score (nSPS) is 10.8. The Morgan fingerprint density at radius 3 is 2.54 bits per heavy atom. The second kappa shape index (κ2) is 7.37. The lowest BCUT2D eigenvalue weighted by molar-refractivity contribution is 0.0933. The van der Waals surface area contributed by atoms with Crippen LogP contribution in [0.15, 0.2) is 24.5 Å². The lowest BCUT2D eigenvalue weighted by Gasteiger charge is -2.25. The van der Waals surface area contributed by atoms with Gasteiger partial charge >= 0.3 is 0 Å². The Bertz CT molecular complexity index is 772. The highest BCUT2D eigenvalue weighted by Crippen LogP contribution is 2.39. The third kappa shape index (κ3) is 4.06. The zero-order chi connectivity index (χ0) is 17.7. The monoisotopic (exact) mass is 347 g/mol. The van der Waals surface area contributed by atoms with Gasteiger partial charge in [0.05, 0.1) is 23.8 Å². The third-order valence-corrected chi connectivity index (χ3v) is 3.73. The molecule has 2 rings (SSSR count). The average Bonchev–Trinajstić information content (AvgIpc) is 2.56. The van der Waals surface area contributed by atoms with Crippen molar-refractivity contribution in [3.8, 4) is 29.3 Å². The molecular weight excluding hydrogens is 330 g/mol. The Labute approximate surface area is 146 Å². The molecule has 0 radical (unpaired) electrons. The number of hydrogen-bond donors (Lipinski definition) is 0. The van der Waals surface area contributed by atoms with E-state index in [0.29, 0.717) is 22.2 Å². The molecule has 0 amide bonds. The molecule has 1 heterocycles. The number of nitriles is 1. The summed E-state index contributed by atoms with van der Waals surface area (Å²) in [6, 6.07) is 6.73. The van der Waals surface area contributed by atoms with Crippen molar-refractivity contribution >= 4 is 11.6 Å². The zero-order valence-electron chi connectivity index (χ0n) is 14.0. The Morgan fingerprint density at radius 1 is 1.25 bits per heavy atom. The summed E-state index contributed by atoms with van der Waals surface area (Å²) < 4.78 is 17.0. The van der Waals surface area contributed by atoms with Crippen molar-refractivity contribution in [2.45, 2.75) is 32.8 Å². The van der Waals surface area contributed by atoms with Crippen molar-refractivity contribution < 1.29 is 14.2 Å². The van der Waals surface area contributed by atoms with E-state index in [-0.39, 0.29) is 11.6 Å². The third-order valence-electron chi connectivity index (χ3n) is 3.43. The van der Waals surface area contributed by atoms with Crippen LogP contribution in [0.25, 0.3) is 0 Å². The Hall–Kier alpha value is -2.52. The lowest BCUT2D eigenvalue weighted by Crippen LogP contribution is -2.27. The maximum atomic E-state index is 8.89. The Balaban J connectivity index is 2.36. The number of halogens is 1. The van der Waals surface area contributed by atoms with Gasteiger partial charge in [0.25, 0.3) is 11.8 Å². The number of rotatable bonds is 6. The summed E-state index contributed by atoms with van der Waals surface area (Å²) in [7, 11) is 1.48. The largest absolute Gasteiger partial charge is 0.487 e. The maximum Gasteiger partial charge on any atom is 0.269 e. The molecule has 6 nitrogen and oxygen atoms in total. The molecule has 24 heavy (non-hydrogen) atoms. The number of nitrogens with zero attached hydrogens (tertiary/aromatic N) is 3. The molecule has 0 fully saturated rings. The molecule has 0 aliphatic carbocycles. The van der Waals surface area contributed by atoms with Crippen LogP contribution in [0.5, 0.6) is 23.3 Å². The maximum absolute atomic E-state index is 8.89. The van der Waals surface area contributed by atoms with E-state index in [9.17, 15) is 0 Å². The van der Waals surface area contributed by atoms with E-state index in [1.165, 1.54) is 19.5 Å². The van der Waals surface area contributed by atoms with E-state index in [2.05, 4.69) is 9.97 Å². The van der Waals surface area contributed by atoms with Gasteiger partial charge in [-0.3, -0.25) is 0 Å². The number of hydrogen-bond acceptors (Lipinski definition) is 6. The van der Waals surface area contributed by atoms with Crippen LogP contribution < -0.4 is 14.2 Å². The van der Waals surface area contributed by atoms with Crippen LogP contribution in [-0.4, -0.2) is 22.7 Å². The second-order valence-electron chi connectivity index (χ2n) is 5.59. The first-order chi connectivity index (χ1) is 11.4. The van der Waals surface area contributed by atoms with E-state index < -0.39 is 5.60 Å². The van der Waals surface area contributed by atoms with Gasteiger partial charge < -0.3 is 14.2 Å². The van der Waals surface area contributed by atoms with Gasteiger partial charge in [-0.05, 0) is 38.5 Å².